The van der Waals surface area contributed by atoms with Crippen LogP contribution >= 0.6 is 0 Å². The van der Waals surface area contributed by atoms with E-state index in [9.17, 15) is 4.79 Å². The van der Waals surface area contributed by atoms with Gasteiger partial charge in [0.2, 0.25) is 0 Å². The highest BCUT2D eigenvalue weighted by molar-refractivity contribution is 6.13. The van der Waals surface area contributed by atoms with Crippen LogP contribution in [0.2, 0.25) is 0 Å². The summed E-state index contributed by atoms with van der Waals surface area (Å²) in [6.07, 6.45) is 2.96. The minimum atomic E-state index is -0.118. The molecule has 1 fully saturated rings. The van der Waals surface area contributed by atoms with Crippen molar-refractivity contribution in [3.05, 3.63) is 83.7 Å². The van der Waals surface area contributed by atoms with Crippen LogP contribution in [-0.4, -0.2) is 20.7 Å². The Morgan fingerprint density at radius 1 is 1.07 bits per heavy atom. The Bertz CT molecular complexity index is 1180. The molecule has 5 heteroatoms. The van der Waals surface area contributed by atoms with E-state index >= 15 is 0 Å². The molecule has 1 aliphatic carbocycles. The summed E-state index contributed by atoms with van der Waals surface area (Å²) in [7, 11) is 0. The number of aryl methyl sites for hydroxylation is 1. The molecule has 5 rings (SSSR count). The summed E-state index contributed by atoms with van der Waals surface area (Å²) in [5.74, 6) is 0.285. The topological polar surface area (TPSA) is 59.8 Å². The molecule has 4 aromatic rings. The lowest BCUT2D eigenvalue weighted by Crippen LogP contribution is -2.14. The summed E-state index contributed by atoms with van der Waals surface area (Å²) in [6.45, 7) is 2.05. The maximum atomic E-state index is 13.3. The number of para-hydroxylation sites is 2. The monoisotopic (exact) mass is 382 g/mol. The van der Waals surface area contributed by atoms with Crippen molar-refractivity contribution in [3.63, 3.8) is 0 Å². The van der Waals surface area contributed by atoms with Crippen LogP contribution in [0, 0.1) is 0 Å². The van der Waals surface area contributed by atoms with E-state index in [-0.39, 0.29) is 5.91 Å². The number of anilines is 1. The minimum Gasteiger partial charge on any atom is -0.322 e. The molecule has 29 heavy (non-hydrogen) atoms. The van der Waals surface area contributed by atoms with Gasteiger partial charge in [0.1, 0.15) is 0 Å². The average Bonchev–Trinajstić information content (AvgIpc) is 3.54. The fraction of sp³-hybridized carbons (Fsp3) is 0.208. The van der Waals surface area contributed by atoms with Crippen LogP contribution in [0.15, 0.2) is 66.7 Å². The lowest BCUT2D eigenvalue weighted by atomic mass is 10.1. The average molecular weight is 382 g/mol. The third-order valence-electron chi connectivity index (χ3n) is 5.32. The Morgan fingerprint density at radius 3 is 2.41 bits per heavy atom. The molecule has 144 valence electrons. The standard InChI is InChI=1S/C24H22N4O/c1-2-17-15-20(24(29)26-18-9-5-3-6-10-18)21-22(16-13-14-16)27-28(23(21)25-17)19-11-7-4-8-12-19/h3-12,15-16H,2,13-14H2,1H3,(H,26,29). The Hall–Kier alpha value is -3.47. The van der Waals surface area contributed by atoms with Crippen LogP contribution in [0.4, 0.5) is 5.69 Å². The zero-order valence-corrected chi connectivity index (χ0v) is 16.3. The largest absolute Gasteiger partial charge is 0.322 e. The molecule has 0 spiro atoms. The van der Waals surface area contributed by atoms with Crippen LogP contribution in [0.25, 0.3) is 16.7 Å². The van der Waals surface area contributed by atoms with E-state index in [4.69, 9.17) is 10.1 Å². The van der Waals surface area contributed by atoms with E-state index in [0.29, 0.717) is 11.5 Å². The van der Waals surface area contributed by atoms with E-state index in [1.807, 2.05) is 71.4 Å². The van der Waals surface area contributed by atoms with Crippen molar-refractivity contribution in [1.82, 2.24) is 14.8 Å². The molecule has 1 aliphatic rings. The number of carbonyl (C=O) groups excluding carboxylic acids is 1. The van der Waals surface area contributed by atoms with Gasteiger partial charge in [-0.15, -0.1) is 0 Å². The van der Waals surface area contributed by atoms with Gasteiger partial charge in [-0.1, -0.05) is 43.3 Å². The van der Waals surface area contributed by atoms with E-state index in [2.05, 4.69) is 12.2 Å². The predicted molar refractivity (Wildman–Crippen MR) is 115 cm³/mol. The molecule has 1 amide bonds. The lowest BCUT2D eigenvalue weighted by molar-refractivity contribution is 0.102. The van der Waals surface area contributed by atoms with E-state index < -0.39 is 0 Å². The highest BCUT2D eigenvalue weighted by Gasteiger charge is 2.32. The number of benzene rings is 2. The third kappa shape index (κ3) is 3.29. The second-order valence-electron chi connectivity index (χ2n) is 7.44. The van der Waals surface area contributed by atoms with Crippen molar-refractivity contribution in [2.24, 2.45) is 0 Å². The summed E-state index contributed by atoms with van der Waals surface area (Å²) >= 11 is 0. The molecule has 0 bridgehead atoms. The molecule has 2 aromatic heterocycles. The van der Waals surface area contributed by atoms with Gasteiger partial charge in [-0.2, -0.15) is 5.10 Å². The van der Waals surface area contributed by atoms with Crippen molar-refractivity contribution in [2.75, 3.05) is 5.32 Å². The Balaban J connectivity index is 1.71. The highest BCUT2D eigenvalue weighted by Crippen LogP contribution is 2.43. The second kappa shape index (κ2) is 7.17. The van der Waals surface area contributed by atoms with Crippen LogP contribution in [0.3, 0.4) is 0 Å². The summed E-state index contributed by atoms with van der Waals surface area (Å²) in [5.41, 5.74) is 5.02. The third-order valence-corrected chi connectivity index (χ3v) is 5.32. The van der Waals surface area contributed by atoms with Gasteiger partial charge in [0, 0.05) is 17.3 Å². The molecule has 0 saturated heterocycles. The molecule has 0 atom stereocenters. The Morgan fingerprint density at radius 2 is 1.76 bits per heavy atom. The van der Waals surface area contributed by atoms with Crippen molar-refractivity contribution in [1.29, 1.82) is 0 Å². The summed E-state index contributed by atoms with van der Waals surface area (Å²) in [5, 5.41) is 8.83. The second-order valence-corrected chi connectivity index (χ2v) is 7.44. The van der Waals surface area contributed by atoms with Gasteiger partial charge < -0.3 is 5.32 Å². The van der Waals surface area contributed by atoms with Crippen LogP contribution < -0.4 is 5.32 Å². The summed E-state index contributed by atoms with van der Waals surface area (Å²) in [4.78, 5) is 18.1. The number of nitrogens with one attached hydrogen (secondary N) is 1. The number of pyridine rings is 1. The quantitative estimate of drug-likeness (QED) is 0.522. The molecule has 5 nitrogen and oxygen atoms in total. The predicted octanol–water partition coefficient (Wildman–Crippen LogP) is 5.11. The maximum absolute atomic E-state index is 13.3. The van der Waals surface area contributed by atoms with Gasteiger partial charge in [-0.25, -0.2) is 9.67 Å². The highest BCUT2D eigenvalue weighted by atomic mass is 16.1. The van der Waals surface area contributed by atoms with Gasteiger partial charge in [0.25, 0.3) is 5.91 Å². The first kappa shape index (κ1) is 17.6. The van der Waals surface area contributed by atoms with Crippen LogP contribution in [0.1, 0.15) is 47.4 Å². The number of fused-ring (bicyclic) bond motifs is 1. The summed E-state index contributed by atoms with van der Waals surface area (Å²) in [6, 6.07) is 21.5. The van der Waals surface area contributed by atoms with E-state index in [1.165, 1.54) is 0 Å². The normalized spacial score (nSPS) is 13.6. The van der Waals surface area contributed by atoms with Gasteiger partial charge in [-0.05, 0) is 49.6 Å². The minimum absolute atomic E-state index is 0.118. The molecular formula is C24H22N4O. The van der Waals surface area contributed by atoms with Crippen molar-refractivity contribution < 1.29 is 4.79 Å². The molecule has 0 unspecified atom stereocenters. The first-order valence-corrected chi connectivity index (χ1v) is 10.1. The fourth-order valence-corrected chi connectivity index (χ4v) is 3.67. The molecule has 1 saturated carbocycles. The first-order valence-electron chi connectivity index (χ1n) is 10.1. The number of nitrogens with zero attached hydrogens (tertiary/aromatic N) is 3. The SMILES string of the molecule is CCc1cc(C(=O)Nc2ccccc2)c2c(C3CC3)nn(-c3ccccc3)c2n1. The summed E-state index contributed by atoms with van der Waals surface area (Å²) < 4.78 is 1.89. The maximum Gasteiger partial charge on any atom is 0.256 e. The van der Waals surface area contributed by atoms with Gasteiger partial charge >= 0.3 is 0 Å². The fourth-order valence-electron chi connectivity index (χ4n) is 3.67. The molecule has 0 aliphatic heterocycles. The van der Waals surface area contributed by atoms with Gasteiger partial charge in [-0.3, -0.25) is 4.79 Å². The van der Waals surface area contributed by atoms with Crippen molar-refractivity contribution in [2.45, 2.75) is 32.1 Å². The van der Waals surface area contributed by atoms with Crippen LogP contribution in [0.5, 0.6) is 0 Å². The van der Waals surface area contributed by atoms with Crippen LogP contribution in [-0.2, 0) is 6.42 Å². The number of aromatic nitrogens is 3. The Labute approximate surface area is 169 Å². The smallest absolute Gasteiger partial charge is 0.256 e. The van der Waals surface area contributed by atoms with Gasteiger partial charge in [0.15, 0.2) is 5.65 Å². The zero-order valence-electron chi connectivity index (χ0n) is 16.3. The number of amides is 1. The number of hydrogen-bond acceptors (Lipinski definition) is 3. The van der Waals surface area contributed by atoms with Crippen molar-refractivity contribution >= 4 is 22.6 Å². The lowest BCUT2D eigenvalue weighted by Gasteiger charge is -2.09. The van der Waals surface area contributed by atoms with E-state index in [0.717, 1.165) is 53.1 Å². The van der Waals surface area contributed by atoms with Gasteiger partial charge in [0.05, 0.1) is 22.3 Å². The number of rotatable bonds is 5. The van der Waals surface area contributed by atoms with E-state index in [1.54, 1.807) is 0 Å². The van der Waals surface area contributed by atoms with Crippen molar-refractivity contribution in [3.8, 4) is 5.69 Å². The molecule has 2 aromatic carbocycles. The molecule has 2 heterocycles. The Kier molecular flexibility index (Phi) is 4.35. The molecular weight excluding hydrogens is 360 g/mol. The molecule has 1 N–H and O–H groups in total. The first-order chi connectivity index (χ1) is 14.2. The molecule has 0 radical (unpaired) electrons. The number of hydrogen-bond donors (Lipinski definition) is 1. The zero-order chi connectivity index (χ0) is 19.8. The number of carbonyl (C=O) groups is 1.